The Kier molecular flexibility index (Phi) is 21.4. The third kappa shape index (κ3) is 19.5. The van der Waals surface area contributed by atoms with E-state index in [1.807, 2.05) is 30.3 Å². The number of carbonyl (C=O) groups is 5. The molecule has 0 aliphatic heterocycles. The number of aliphatic carboxylic acids is 3. The molecular weight excluding hydrogens is 707 g/mol. The smallest absolute Gasteiger partial charge is 0.676 e. The average Bonchev–Trinajstić information content (AvgIpc) is 2.87. The molecule has 0 radical (unpaired) electrons. The molecule has 3 rings (SSSR count). The molecule has 2 aromatic carbocycles. The fourth-order valence-corrected chi connectivity index (χ4v) is 3.11. The van der Waals surface area contributed by atoms with E-state index in [4.69, 9.17) is 41.5 Å². The maximum absolute atomic E-state index is 10.6. The number of aromatic carboxylic acids is 1. The van der Waals surface area contributed by atoms with Gasteiger partial charge >= 0.3 is 50.9 Å². The minimum absolute atomic E-state index is 0. The number of hydrogen-bond acceptors (Lipinski definition) is 6. The first kappa shape index (κ1) is 38.5. The van der Waals surface area contributed by atoms with Crippen LogP contribution in [0.15, 0.2) is 54.6 Å². The maximum atomic E-state index is 10.6. The molecule has 1 aliphatic carbocycles. The van der Waals surface area contributed by atoms with E-state index in [1.165, 1.54) is 37.5 Å². The van der Waals surface area contributed by atoms with E-state index in [-0.39, 0.29) is 50.9 Å². The molecular formula is C27H34N2O10Pt. The Labute approximate surface area is 246 Å². The molecule has 2 aromatic rings. The second kappa shape index (κ2) is 22.2. The molecule has 12 nitrogen and oxygen atoms in total. The summed E-state index contributed by atoms with van der Waals surface area (Å²) in [4.78, 5) is 49.6. The fraction of sp³-hybridized carbons (Fsp3) is 0.370. The zero-order chi connectivity index (χ0) is 29.8. The monoisotopic (exact) mass is 741 g/mol. The molecule has 1 fully saturated rings. The van der Waals surface area contributed by atoms with Crippen molar-refractivity contribution in [3.8, 4) is 5.75 Å². The largest absolute Gasteiger partial charge is 2.00 e. The predicted molar refractivity (Wildman–Crippen MR) is 142 cm³/mol. The van der Waals surface area contributed by atoms with Crippen LogP contribution in [0.5, 0.6) is 5.75 Å². The van der Waals surface area contributed by atoms with Gasteiger partial charge in [-0.05, 0) is 30.5 Å². The summed E-state index contributed by atoms with van der Waals surface area (Å²) in [5.74, 6) is -5.94. The Balaban J connectivity index is 0. The van der Waals surface area contributed by atoms with Crippen LogP contribution in [0.3, 0.4) is 0 Å². The molecule has 0 amide bonds. The van der Waals surface area contributed by atoms with Gasteiger partial charge in [-0.1, -0.05) is 68.1 Å². The number of ether oxygens (including phenoxy) is 1. The van der Waals surface area contributed by atoms with Gasteiger partial charge in [0, 0.05) is 13.3 Å². The number of carbonyl (C=O) groups excluding carboxylic acids is 1. The number of rotatable bonds is 6. The summed E-state index contributed by atoms with van der Waals surface area (Å²) < 4.78 is 4.69. The third-order valence-corrected chi connectivity index (χ3v) is 5.02. The fourth-order valence-electron chi connectivity index (χ4n) is 3.11. The molecule has 0 unspecified atom stereocenters. The minimum Gasteiger partial charge on any atom is -0.676 e. The van der Waals surface area contributed by atoms with Gasteiger partial charge in [0.2, 0.25) is 0 Å². The molecule has 40 heavy (non-hydrogen) atoms. The van der Waals surface area contributed by atoms with Crippen molar-refractivity contribution < 1.29 is 70.2 Å². The van der Waals surface area contributed by atoms with Crippen molar-refractivity contribution in [2.75, 3.05) is 0 Å². The summed E-state index contributed by atoms with van der Waals surface area (Å²) in [7, 11) is 0. The summed E-state index contributed by atoms with van der Waals surface area (Å²) >= 11 is 0. The molecule has 0 aromatic heterocycles. The molecule has 1 saturated carbocycles. The van der Waals surface area contributed by atoms with Crippen LogP contribution in [-0.2, 0) is 46.7 Å². The molecule has 2 atom stereocenters. The van der Waals surface area contributed by atoms with Crippen LogP contribution in [0.2, 0.25) is 0 Å². The second-order valence-electron chi connectivity index (χ2n) is 8.24. The van der Waals surface area contributed by atoms with Gasteiger partial charge in [-0.2, -0.15) is 12.1 Å². The minimum atomic E-state index is -1.82. The van der Waals surface area contributed by atoms with E-state index in [0.717, 1.165) is 25.7 Å². The normalized spacial score (nSPS) is 15.0. The number of para-hydroxylation sites is 1. The molecule has 0 bridgehead atoms. The molecule has 6 N–H and O–H groups in total. The zero-order valence-electron chi connectivity index (χ0n) is 21.9. The second-order valence-corrected chi connectivity index (χ2v) is 8.24. The SMILES string of the molecule is CC(=O)Oc1ccccc1C(=O)O.O=C(O)C(=O)O.O=C(O)CCCc1ccccc1.[NH-][C@@H]1CCCC[C@H]1[NH-].[Pt+2]. The summed E-state index contributed by atoms with van der Waals surface area (Å²) in [6, 6.07) is 15.7. The van der Waals surface area contributed by atoms with E-state index < -0.39 is 29.8 Å². The van der Waals surface area contributed by atoms with E-state index in [9.17, 15) is 14.4 Å². The first-order valence-electron chi connectivity index (χ1n) is 12.0. The number of carboxylic acids is 4. The molecule has 1 aliphatic rings. The Morgan fingerprint density at radius 1 is 0.800 bits per heavy atom. The van der Waals surface area contributed by atoms with E-state index in [1.54, 1.807) is 12.1 Å². The van der Waals surface area contributed by atoms with E-state index >= 15 is 0 Å². The van der Waals surface area contributed by atoms with Crippen LogP contribution in [0.1, 0.15) is 61.4 Å². The van der Waals surface area contributed by atoms with Crippen molar-refractivity contribution in [2.24, 2.45) is 0 Å². The van der Waals surface area contributed by atoms with Crippen LogP contribution in [0.25, 0.3) is 11.5 Å². The van der Waals surface area contributed by atoms with Crippen molar-refractivity contribution in [1.29, 1.82) is 0 Å². The van der Waals surface area contributed by atoms with Gasteiger partial charge in [0.25, 0.3) is 0 Å². The zero-order valence-corrected chi connectivity index (χ0v) is 24.1. The van der Waals surface area contributed by atoms with Crippen molar-refractivity contribution in [3.63, 3.8) is 0 Å². The number of nitrogens with one attached hydrogen (secondary N) is 2. The van der Waals surface area contributed by atoms with Crippen molar-refractivity contribution >= 4 is 29.8 Å². The van der Waals surface area contributed by atoms with Gasteiger partial charge in [0.15, 0.2) is 0 Å². The van der Waals surface area contributed by atoms with Gasteiger partial charge in [0.1, 0.15) is 11.3 Å². The van der Waals surface area contributed by atoms with Gasteiger partial charge in [-0.15, -0.1) is 0 Å². The maximum Gasteiger partial charge on any atom is 2.00 e. The molecule has 0 spiro atoms. The molecule has 13 heteroatoms. The average molecular weight is 742 g/mol. The molecule has 0 saturated heterocycles. The standard InChI is InChI=1S/C10H12O2.C9H8O4.C6H12N2.C2H2O4.Pt/c11-10(12)8-4-7-9-5-2-1-3-6-9;1-6(10)13-8-5-3-2-4-7(8)9(11)12;7-5-3-1-2-4-6(5)8;3-1(4)2(5)6;/h1-3,5-6H,4,7-8H2,(H,11,12);2-5H,1H3,(H,11,12);5-8H,1-4H2;(H,3,4)(H,5,6);/q;;-2;;+2/t;;5-,6-;;/m..1../s1. The van der Waals surface area contributed by atoms with Crippen LogP contribution >= 0.6 is 0 Å². The van der Waals surface area contributed by atoms with E-state index in [2.05, 4.69) is 4.74 Å². The molecule has 222 valence electrons. The van der Waals surface area contributed by atoms with Crippen LogP contribution in [0.4, 0.5) is 0 Å². The van der Waals surface area contributed by atoms with Crippen LogP contribution in [0, 0.1) is 0 Å². The van der Waals surface area contributed by atoms with Crippen molar-refractivity contribution in [3.05, 3.63) is 77.2 Å². The summed E-state index contributed by atoms with van der Waals surface area (Å²) in [6.07, 6.45) is 6.08. The Hall–Kier alpha value is -3.60. The number of aryl methyl sites for hydroxylation is 1. The van der Waals surface area contributed by atoms with Gasteiger partial charge in [0.05, 0.1) is 0 Å². The topological polar surface area (TPSA) is 223 Å². The quantitative estimate of drug-likeness (QED) is 0.177. The summed E-state index contributed by atoms with van der Waals surface area (Å²) in [5, 5.41) is 31.9. The first-order chi connectivity index (χ1) is 18.3. The van der Waals surface area contributed by atoms with Crippen LogP contribution in [-0.4, -0.2) is 62.4 Å². The number of esters is 1. The summed E-state index contributed by atoms with van der Waals surface area (Å²) in [5.41, 5.74) is 15.8. The Morgan fingerprint density at radius 2 is 1.27 bits per heavy atom. The third-order valence-electron chi connectivity index (χ3n) is 5.02. The van der Waals surface area contributed by atoms with Gasteiger partial charge < -0.3 is 36.6 Å². The van der Waals surface area contributed by atoms with Gasteiger partial charge in [-0.25, -0.2) is 14.4 Å². The summed E-state index contributed by atoms with van der Waals surface area (Å²) in [6.45, 7) is 1.22. The van der Waals surface area contributed by atoms with Crippen LogP contribution < -0.4 is 4.74 Å². The first-order valence-corrected chi connectivity index (χ1v) is 12.0. The number of benzene rings is 2. The molecule has 0 heterocycles. The van der Waals surface area contributed by atoms with Gasteiger partial charge in [-0.3, -0.25) is 9.59 Å². The number of hydrogen-bond donors (Lipinski definition) is 4. The Bertz CT molecular complexity index is 1040. The Morgan fingerprint density at radius 3 is 1.68 bits per heavy atom. The van der Waals surface area contributed by atoms with Crippen molar-refractivity contribution in [2.45, 2.75) is 64.0 Å². The number of carboxylic acid groups (broad SMARTS) is 4. The van der Waals surface area contributed by atoms with Crippen molar-refractivity contribution in [1.82, 2.24) is 0 Å². The predicted octanol–water partition coefficient (Wildman–Crippen LogP) is 4.96. The van der Waals surface area contributed by atoms with E-state index in [0.29, 0.717) is 0 Å².